The van der Waals surface area contributed by atoms with E-state index in [1.165, 1.54) is 0 Å². The summed E-state index contributed by atoms with van der Waals surface area (Å²) in [5.74, 6) is 0.329. The van der Waals surface area contributed by atoms with Crippen LogP contribution in [-0.2, 0) is 14.3 Å². The Kier molecular flexibility index (Phi) is 7.31. The van der Waals surface area contributed by atoms with Crippen LogP contribution in [0.2, 0.25) is 0 Å². The largest absolute Gasteiger partial charge is 0.493 e. The van der Waals surface area contributed by atoms with Crippen molar-refractivity contribution in [3.8, 4) is 11.5 Å². The lowest BCUT2D eigenvalue weighted by Crippen LogP contribution is -2.22. The zero-order chi connectivity index (χ0) is 17.9. The Morgan fingerprint density at radius 2 is 1.68 bits per heavy atom. The summed E-state index contributed by atoms with van der Waals surface area (Å²) in [7, 11) is 0. The Hall–Kier alpha value is -3.02. The van der Waals surface area contributed by atoms with Crippen LogP contribution in [0.1, 0.15) is 13.3 Å². The average Bonchev–Trinajstić information content (AvgIpc) is 2.63. The van der Waals surface area contributed by atoms with Gasteiger partial charge in [0.25, 0.3) is 5.91 Å². The fraction of sp³-hybridized carbons (Fsp3) is 0.263. The third-order valence-corrected chi connectivity index (χ3v) is 3.14. The first-order valence-corrected chi connectivity index (χ1v) is 8.04. The molecule has 132 valence electrons. The quantitative estimate of drug-likeness (QED) is 0.709. The first-order valence-electron chi connectivity index (χ1n) is 8.04. The van der Waals surface area contributed by atoms with Crippen LogP contribution in [0.15, 0.2) is 54.6 Å². The highest BCUT2D eigenvalue weighted by molar-refractivity contribution is 5.94. The van der Waals surface area contributed by atoms with Crippen molar-refractivity contribution < 1.29 is 23.8 Å². The monoisotopic (exact) mass is 343 g/mol. The number of hydrogen-bond donors (Lipinski definition) is 1. The van der Waals surface area contributed by atoms with E-state index in [2.05, 4.69) is 5.32 Å². The number of ether oxygens (including phenoxy) is 3. The molecule has 0 spiro atoms. The molecule has 0 radical (unpaired) electrons. The summed E-state index contributed by atoms with van der Waals surface area (Å²) in [5.41, 5.74) is 0.540. The summed E-state index contributed by atoms with van der Waals surface area (Å²) in [5, 5.41) is 2.66. The summed E-state index contributed by atoms with van der Waals surface area (Å²) < 4.78 is 15.8. The normalized spacial score (nSPS) is 9.96. The molecular formula is C19H21NO5. The van der Waals surface area contributed by atoms with Crippen molar-refractivity contribution in [2.75, 3.05) is 25.1 Å². The number of hydrogen-bond acceptors (Lipinski definition) is 5. The minimum atomic E-state index is -0.496. The number of carbonyl (C=O) groups excluding carboxylic acids is 2. The van der Waals surface area contributed by atoms with Crippen LogP contribution in [0.25, 0.3) is 0 Å². The highest BCUT2D eigenvalue weighted by atomic mass is 16.5. The van der Waals surface area contributed by atoms with Gasteiger partial charge >= 0.3 is 5.97 Å². The Bertz CT molecular complexity index is 687. The van der Waals surface area contributed by atoms with Crippen LogP contribution in [-0.4, -0.2) is 31.7 Å². The minimum Gasteiger partial charge on any atom is -0.493 e. The molecule has 0 bridgehead atoms. The lowest BCUT2D eigenvalue weighted by Gasteiger charge is -2.11. The van der Waals surface area contributed by atoms with E-state index in [0.717, 1.165) is 0 Å². The van der Waals surface area contributed by atoms with E-state index in [4.69, 9.17) is 14.2 Å². The second-order valence-electron chi connectivity index (χ2n) is 5.05. The zero-order valence-corrected chi connectivity index (χ0v) is 14.1. The van der Waals surface area contributed by atoms with Crippen molar-refractivity contribution in [1.82, 2.24) is 0 Å². The van der Waals surface area contributed by atoms with Crippen molar-refractivity contribution >= 4 is 17.6 Å². The predicted octanol–water partition coefficient (Wildman–Crippen LogP) is 3.04. The number of benzene rings is 2. The van der Waals surface area contributed by atoms with Gasteiger partial charge in [-0.25, -0.2) is 0 Å². The van der Waals surface area contributed by atoms with E-state index in [1.807, 2.05) is 31.2 Å². The number of nitrogens with one attached hydrogen (secondary N) is 1. The Labute approximate surface area is 146 Å². The molecular weight excluding hydrogens is 322 g/mol. The molecule has 0 unspecified atom stereocenters. The fourth-order valence-corrected chi connectivity index (χ4v) is 2.02. The molecule has 0 heterocycles. The second-order valence-corrected chi connectivity index (χ2v) is 5.05. The van der Waals surface area contributed by atoms with Gasteiger partial charge in [-0.1, -0.05) is 30.3 Å². The molecule has 0 saturated heterocycles. The van der Waals surface area contributed by atoms with Gasteiger partial charge in [0.1, 0.15) is 11.5 Å². The summed E-state index contributed by atoms with van der Waals surface area (Å²) in [6.45, 7) is 2.18. The highest BCUT2D eigenvalue weighted by Crippen LogP contribution is 2.23. The van der Waals surface area contributed by atoms with Gasteiger partial charge in [-0.15, -0.1) is 0 Å². The first kappa shape index (κ1) is 18.3. The number of para-hydroxylation sites is 3. The first-order chi connectivity index (χ1) is 12.2. The molecule has 6 nitrogen and oxygen atoms in total. The molecule has 6 heteroatoms. The van der Waals surface area contributed by atoms with E-state index in [0.29, 0.717) is 23.8 Å². The third-order valence-electron chi connectivity index (χ3n) is 3.14. The van der Waals surface area contributed by atoms with E-state index in [9.17, 15) is 9.59 Å². The Morgan fingerprint density at radius 1 is 0.960 bits per heavy atom. The molecule has 2 aromatic carbocycles. The van der Waals surface area contributed by atoms with Gasteiger partial charge in [0, 0.05) is 0 Å². The molecule has 1 amide bonds. The number of rotatable bonds is 9. The van der Waals surface area contributed by atoms with Gasteiger partial charge in [0.15, 0.2) is 6.61 Å². The Balaban J connectivity index is 1.70. The molecule has 0 fully saturated rings. The summed E-state index contributed by atoms with van der Waals surface area (Å²) in [6, 6.07) is 16.2. The van der Waals surface area contributed by atoms with E-state index < -0.39 is 11.9 Å². The van der Waals surface area contributed by atoms with Crippen LogP contribution < -0.4 is 14.8 Å². The molecule has 0 aliphatic carbocycles. The molecule has 2 rings (SSSR count). The van der Waals surface area contributed by atoms with Crippen molar-refractivity contribution in [3.05, 3.63) is 54.6 Å². The average molecular weight is 343 g/mol. The number of anilines is 1. The number of carbonyl (C=O) groups is 2. The van der Waals surface area contributed by atoms with Gasteiger partial charge in [0.2, 0.25) is 0 Å². The van der Waals surface area contributed by atoms with Crippen LogP contribution in [0, 0.1) is 0 Å². The lowest BCUT2D eigenvalue weighted by atomic mass is 10.3. The van der Waals surface area contributed by atoms with Crippen LogP contribution >= 0.6 is 0 Å². The van der Waals surface area contributed by atoms with E-state index in [-0.39, 0.29) is 19.6 Å². The van der Waals surface area contributed by atoms with Gasteiger partial charge in [0.05, 0.1) is 25.3 Å². The smallest absolute Gasteiger partial charge is 0.309 e. The van der Waals surface area contributed by atoms with Crippen LogP contribution in [0.4, 0.5) is 5.69 Å². The summed E-state index contributed by atoms with van der Waals surface area (Å²) >= 11 is 0. The van der Waals surface area contributed by atoms with Gasteiger partial charge in [-0.3, -0.25) is 9.59 Å². The standard InChI is InChI=1S/C19H21NO5/c1-2-23-17-11-7-6-10-16(17)20-18(21)14-25-19(22)12-13-24-15-8-4-3-5-9-15/h3-11H,2,12-14H2,1H3,(H,20,21). The van der Waals surface area contributed by atoms with Crippen LogP contribution in [0.5, 0.6) is 11.5 Å². The SMILES string of the molecule is CCOc1ccccc1NC(=O)COC(=O)CCOc1ccccc1. The molecule has 2 aromatic rings. The predicted molar refractivity (Wildman–Crippen MR) is 93.8 cm³/mol. The molecule has 0 atom stereocenters. The van der Waals surface area contributed by atoms with Crippen molar-refractivity contribution in [1.29, 1.82) is 0 Å². The van der Waals surface area contributed by atoms with Crippen molar-refractivity contribution in [2.24, 2.45) is 0 Å². The van der Waals surface area contributed by atoms with E-state index in [1.54, 1.807) is 30.3 Å². The fourth-order valence-electron chi connectivity index (χ4n) is 2.02. The topological polar surface area (TPSA) is 73.9 Å². The van der Waals surface area contributed by atoms with Crippen molar-refractivity contribution in [2.45, 2.75) is 13.3 Å². The number of amides is 1. The minimum absolute atomic E-state index is 0.0672. The highest BCUT2D eigenvalue weighted by Gasteiger charge is 2.10. The summed E-state index contributed by atoms with van der Waals surface area (Å²) in [6.07, 6.45) is 0.0672. The molecule has 0 aliphatic rings. The van der Waals surface area contributed by atoms with E-state index >= 15 is 0 Å². The van der Waals surface area contributed by atoms with Crippen LogP contribution in [0.3, 0.4) is 0 Å². The molecule has 25 heavy (non-hydrogen) atoms. The lowest BCUT2D eigenvalue weighted by molar-refractivity contribution is -0.147. The molecule has 1 N–H and O–H groups in total. The maximum absolute atomic E-state index is 11.9. The molecule has 0 aliphatic heterocycles. The van der Waals surface area contributed by atoms with Crippen molar-refractivity contribution in [3.63, 3.8) is 0 Å². The molecule has 0 saturated carbocycles. The molecule has 0 aromatic heterocycles. The maximum Gasteiger partial charge on any atom is 0.309 e. The number of esters is 1. The summed E-state index contributed by atoms with van der Waals surface area (Å²) in [4.78, 5) is 23.5. The zero-order valence-electron chi connectivity index (χ0n) is 14.1. The maximum atomic E-state index is 11.9. The van der Waals surface area contributed by atoms with Gasteiger partial charge in [-0.2, -0.15) is 0 Å². The Morgan fingerprint density at radius 3 is 2.44 bits per heavy atom. The van der Waals surface area contributed by atoms with Gasteiger partial charge < -0.3 is 19.5 Å². The van der Waals surface area contributed by atoms with Gasteiger partial charge in [-0.05, 0) is 31.2 Å². The second kappa shape index (κ2) is 9.97. The third kappa shape index (κ3) is 6.55.